The smallest absolute Gasteiger partial charge is 0.381 e. The van der Waals surface area contributed by atoms with E-state index in [-0.39, 0.29) is 12.0 Å². The Hall–Kier alpha value is -1.89. The highest BCUT2D eigenvalue weighted by atomic mass is 19.1. The van der Waals surface area contributed by atoms with Gasteiger partial charge in [-0.25, -0.2) is 13.6 Å². The normalized spacial score (nSPS) is 9.00. The molecule has 0 heterocycles. The number of carboxylic acid groups (broad SMARTS) is 1. The Kier molecular flexibility index (Phi) is 3.19. The molecule has 14 heavy (non-hydrogen) atoms. The average molecular weight is 196 g/mol. The molecule has 2 nitrogen and oxygen atoms in total. The van der Waals surface area contributed by atoms with Gasteiger partial charge >= 0.3 is 5.97 Å². The van der Waals surface area contributed by atoms with Crippen molar-refractivity contribution in [3.05, 3.63) is 35.4 Å². The maximum absolute atomic E-state index is 12.9. The molecule has 0 bridgehead atoms. The molecule has 0 aromatic heterocycles. The van der Waals surface area contributed by atoms with E-state index < -0.39 is 17.6 Å². The molecule has 0 saturated heterocycles. The summed E-state index contributed by atoms with van der Waals surface area (Å²) in [6, 6.07) is 3.07. The van der Waals surface area contributed by atoms with Crippen molar-refractivity contribution in [3.8, 4) is 11.8 Å². The summed E-state index contributed by atoms with van der Waals surface area (Å²) < 4.78 is 25.3. The van der Waals surface area contributed by atoms with Crippen LogP contribution < -0.4 is 0 Å². The third kappa shape index (κ3) is 2.87. The molecule has 4 heteroatoms. The maximum Gasteiger partial charge on any atom is 0.381 e. The van der Waals surface area contributed by atoms with Crippen molar-refractivity contribution in [1.82, 2.24) is 0 Å². The Bertz CT molecular complexity index is 416. The molecule has 0 amide bonds. The molecule has 0 aliphatic rings. The van der Waals surface area contributed by atoms with Gasteiger partial charge in [0.25, 0.3) is 0 Å². The monoisotopic (exact) mass is 196 g/mol. The van der Waals surface area contributed by atoms with Crippen molar-refractivity contribution in [2.45, 2.75) is 6.42 Å². The highest BCUT2D eigenvalue weighted by molar-refractivity contribution is 5.86. The van der Waals surface area contributed by atoms with E-state index in [0.717, 1.165) is 12.1 Å². The van der Waals surface area contributed by atoms with Crippen LogP contribution in [0.25, 0.3) is 0 Å². The van der Waals surface area contributed by atoms with Gasteiger partial charge in [-0.1, -0.05) is 12.0 Å². The molecule has 0 unspecified atom stereocenters. The van der Waals surface area contributed by atoms with Crippen LogP contribution in [0.1, 0.15) is 5.56 Å². The van der Waals surface area contributed by atoms with Crippen molar-refractivity contribution in [3.63, 3.8) is 0 Å². The molecule has 0 aliphatic carbocycles. The van der Waals surface area contributed by atoms with Gasteiger partial charge in [0.05, 0.1) is 0 Å². The Morgan fingerprint density at radius 1 is 1.43 bits per heavy atom. The second-order valence-corrected chi connectivity index (χ2v) is 2.52. The van der Waals surface area contributed by atoms with Crippen LogP contribution in [0.5, 0.6) is 0 Å². The van der Waals surface area contributed by atoms with E-state index in [2.05, 4.69) is 5.92 Å². The Morgan fingerprint density at radius 3 is 2.71 bits per heavy atom. The van der Waals surface area contributed by atoms with Gasteiger partial charge in [-0.15, -0.1) is 0 Å². The molecule has 0 atom stereocenters. The van der Waals surface area contributed by atoms with E-state index in [9.17, 15) is 13.6 Å². The summed E-state index contributed by atoms with van der Waals surface area (Å²) in [7, 11) is 0. The lowest BCUT2D eigenvalue weighted by Gasteiger charge is -1.96. The number of hydrogen-bond donors (Lipinski definition) is 1. The summed E-state index contributed by atoms with van der Waals surface area (Å²) in [4.78, 5) is 10.0. The standard InChI is InChI=1S/C10H6F2O2/c11-8-5-4-7(9(12)6-8)2-1-3-10(13)14/h4-6H,2H2,(H,13,14). The van der Waals surface area contributed by atoms with Gasteiger partial charge in [-0.3, -0.25) is 0 Å². The van der Waals surface area contributed by atoms with Crippen molar-refractivity contribution < 1.29 is 18.7 Å². The number of carboxylic acids is 1. The zero-order valence-corrected chi connectivity index (χ0v) is 7.05. The molecule has 0 radical (unpaired) electrons. The Balaban J connectivity index is 2.79. The first-order valence-corrected chi connectivity index (χ1v) is 3.75. The van der Waals surface area contributed by atoms with Gasteiger partial charge in [-0.05, 0) is 11.6 Å². The molecule has 0 saturated carbocycles. The van der Waals surface area contributed by atoms with Crippen molar-refractivity contribution in [2.24, 2.45) is 0 Å². The van der Waals surface area contributed by atoms with Gasteiger partial charge in [0.15, 0.2) is 0 Å². The largest absolute Gasteiger partial charge is 0.472 e. The number of benzene rings is 1. The third-order valence-corrected chi connectivity index (χ3v) is 1.49. The molecule has 1 aromatic rings. The van der Waals surface area contributed by atoms with E-state index in [4.69, 9.17) is 5.11 Å². The summed E-state index contributed by atoms with van der Waals surface area (Å²) in [6.45, 7) is 0. The Labute approximate surface area is 79.2 Å². The number of hydrogen-bond acceptors (Lipinski definition) is 1. The summed E-state index contributed by atoms with van der Waals surface area (Å²) >= 11 is 0. The third-order valence-electron chi connectivity index (χ3n) is 1.49. The number of halogens is 2. The van der Waals surface area contributed by atoms with E-state index in [1.54, 1.807) is 0 Å². The number of carbonyl (C=O) groups is 1. The molecule has 1 aromatic carbocycles. The van der Waals surface area contributed by atoms with E-state index in [1.165, 1.54) is 6.07 Å². The molecule has 0 fully saturated rings. The zero-order chi connectivity index (χ0) is 10.6. The highest BCUT2D eigenvalue weighted by Gasteiger charge is 2.01. The maximum atomic E-state index is 12.9. The molecule has 72 valence electrons. The fourth-order valence-corrected chi connectivity index (χ4v) is 0.880. The fraction of sp³-hybridized carbons (Fsp3) is 0.100. The van der Waals surface area contributed by atoms with Crippen LogP contribution in [-0.4, -0.2) is 11.1 Å². The first-order chi connectivity index (χ1) is 6.59. The minimum absolute atomic E-state index is 0.0432. The van der Waals surface area contributed by atoms with E-state index in [0.29, 0.717) is 0 Å². The van der Waals surface area contributed by atoms with Crippen LogP contribution in [0.3, 0.4) is 0 Å². The first kappa shape index (κ1) is 10.2. The van der Waals surface area contributed by atoms with E-state index >= 15 is 0 Å². The van der Waals surface area contributed by atoms with Gasteiger partial charge in [-0.2, -0.15) is 0 Å². The average Bonchev–Trinajstić information content (AvgIpc) is 2.08. The van der Waals surface area contributed by atoms with Gasteiger partial charge in [0, 0.05) is 18.4 Å². The van der Waals surface area contributed by atoms with Crippen LogP contribution >= 0.6 is 0 Å². The second-order valence-electron chi connectivity index (χ2n) is 2.52. The van der Waals surface area contributed by atoms with Crippen LogP contribution in [0, 0.1) is 23.5 Å². The zero-order valence-electron chi connectivity index (χ0n) is 7.05. The minimum Gasteiger partial charge on any atom is -0.472 e. The first-order valence-electron chi connectivity index (χ1n) is 3.75. The second kappa shape index (κ2) is 4.38. The molecule has 0 spiro atoms. The van der Waals surface area contributed by atoms with Crippen molar-refractivity contribution in [2.75, 3.05) is 0 Å². The lowest BCUT2D eigenvalue weighted by Crippen LogP contribution is -1.91. The number of rotatable bonds is 1. The van der Waals surface area contributed by atoms with Gasteiger partial charge in [0.2, 0.25) is 0 Å². The van der Waals surface area contributed by atoms with Crippen molar-refractivity contribution in [1.29, 1.82) is 0 Å². The SMILES string of the molecule is O=C(O)C#CCc1ccc(F)cc1F. The van der Waals surface area contributed by atoms with Crippen LogP contribution in [0.4, 0.5) is 8.78 Å². The fourth-order valence-electron chi connectivity index (χ4n) is 0.880. The molecule has 1 rings (SSSR count). The predicted molar refractivity (Wildman–Crippen MR) is 45.5 cm³/mol. The lowest BCUT2D eigenvalue weighted by atomic mass is 10.1. The summed E-state index contributed by atoms with van der Waals surface area (Å²) in [6.07, 6.45) is -0.0432. The number of aliphatic carboxylic acids is 1. The lowest BCUT2D eigenvalue weighted by molar-refractivity contribution is -0.130. The van der Waals surface area contributed by atoms with Crippen LogP contribution in [0.15, 0.2) is 18.2 Å². The molecular weight excluding hydrogens is 190 g/mol. The minimum atomic E-state index is -1.27. The van der Waals surface area contributed by atoms with Crippen LogP contribution in [-0.2, 0) is 11.2 Å². The van der Waals surface area contributed by atoms with Crippen molar-refractivity contribution >= 4 is 5.97 Å². The summed E-state index contributed by atoms with van der Waals surface area (Å²) in [5.41, 5.74) is 0.181. The quantitative estimate of drug-likeness (QED) is 0.692. The van der Waals surface area contributed by atoms with E-state index in [1.807, 2.05) is 5.92 Å². The Morgan fingerprint density at radius 2 is 2.14 bits per heavy atom. The predicted octanol–water partition coefficient (Wildman–Crippen LogP) is 1.60. The topological polar surface area (TPSA) is 37.3 Å². The van der Waals surface area contributed by atoms with Gasteiger partial charge in [0.1, 0.15) is 11.6 Å². The highest BCUT2D eigenvalue weighted by Crippen LogP contribution is 2.09. The molecule has 1 N–H and O–H groups in total. The van der Waals surface area contributed by atoms with Crippen LogP contribution in [0.2, 0.25) is 0 Å². The molecular formula is C10H6F2O2. The summed E-state index contributed by atoms with van der Waals surface area (Å²) in [5.74, 6) is 1.43. The molecule has 0 aliphatic heterocycles. The summed E-state index contributed by atoms with van der Waals surface area (Å²) in [5, 5.41) is 8.18. The van der Waals surface area contributed by atoms with Gasteiger partial charge < -0.3 is 5.11 Å².